The van der Waals surface area contributed by atoms with Gasteiger partial charge < -0.3 is 5.32 Å². The van der Waals surface area contributed by atoms with E-state index in [2.05, 4.69) is 10.4 Å². The molecule has 0 unspecified atom stereocenters. The number of nitrogens with zero attached hydrogens (tertiary/aromatic N) is 3. The van der Waals surface area contributed by atoms with E-state index in [0.717, 1.165) is 5.56 Å². The molecule has 0 aliphatic rings. The summed E-state index contributed by atoms with van der Waals surface area (Å²) in [6.45, 7) is 0.532. The van der Waals surface area contributed by atoms with Gasteiger partial charge in [-0.25, -0.2) is 0 Å². The molecular weight excluding hydrogens is 344 g/mol. The fraction of sp³-hybridized carbons (Fsp3) is 0.0588. The minimum Gasteiger partial charge on any atom is -0.319 e. The van der Waals surface area contributed by atoms with Gasteiger partial charge in [0.2, 0.25) is 0 Å². The second-order valence-electron chi connectivity index (χ2n) is 5.31. The van der Waals surface area contributed by atoms with Crippen LogP contribution < -0.4 is 5.32 Å². The summed E-state index contributed by atoms with van der Waals surface area (Å²) >= 11 is 5.85. The first-order chi connectivity index (χ1) is 12.0. The van der Waals surface area contributed by atoms with Crippen molar-refractivity contribution in [2.45, 2.75) is 6.54 Å². The van der Waals surface area contributed by atoms with Crippen molar-refractivity contribution >= 4 is 28.9 Å². The number of halogens is 1. The first-order valence-corrected chi connectivity index (χ1v) is 7.72. The van der Waals surface area contributed by atoms with Gasteiger partial charge in [-0.2, -0.15) is 5.10 Å². The summed E-state index contributed by atoms with van der Waals surface area (Å²) in [5.41, 5.74) is 1.60. The van der Waals surface area contributed by atoms with E-state index >= 15 is 0 Å². The van der Waals surface area contributed by atoms with Crippen molar-refractivity contribution in [2.24, 2.45) is 0 Å². The van der Waals surface area contributed by atoms with E-state index in [9.17, 15) is 14.9 Å². The Morgan fingerprint density at radius 1 is 1.24 bits per heavy atom. The van der Waals surface area contributed by atoms with Crippen LogP contribution in [0.4, 0.5) is 11.4 Å². The molecule has 0 saturated heterocycles. The number of carbonyl (C=O) groups is 1. The van der Waals surface area contributed by atoms with Crippen molar-refractivity contribution in [1.29, 1.82) is 0 Å². The largest absolute Gasteiger partial charge is 0.319 e. The van der Waals surface area contributed by atoms with Gasteiger partial charge in [0.1, 0.15) is 0 Å². The molecule has 1 amide bonds. The average molecular weight is 357 g/mol. The second kappa shape index (κ2) is 7.14. The number of aromatic nitrogens is 2. The second-order valence-corrected chi connectivity index (χ2v) is 5.75. The Morgan fingerprint density at radius 2 is 2.00 bits per heavy atom. The highest BCUT2D eigenvalue weighted by atomic mass is 35.5. The number of rotatable bonds is 5. The Bertz CT molecular complexity index is 922. The van der Waals surface area contributed by atoms with Gasteiger partial charge in [0.25, 0.3) is 11.6 Å². The van der Waals surface area contributed by atoms with Gasteiger partial charge in [-0.05, 0) is 23.8 Å². The molecule has 126 valence electrons. The van der Waals surface area contributed by atoms with Gasteiger partial charge in [-0.15, -0.1) is 0 Å². The molecule has 8 heteroatoms. The van der Waals surface area contributed by atoms with Crippen LogP contribution in [0.3, 0.4) is 0 Å². The van der Waals surface area contributed by atoms with Crippen LogP contribution in [-0.4, -0.2) is 20.6 Å². The Labute approximate surface area is 148 Å². The molecule has 0 spiro atoms. The van der Waals surface area contributed by atoms with Crippen LogP contribution in [0, 0.1) is 10.1 Å². The van der Waals surface area contributed by atoms with Crippen LogP contribution in [0.15, 0.2) is 60.9 Å². The fourth-order valence-electron chi connectivity index (χ4n) is 2.26. The third kappa shape index (κ3) is 4.21. The van der Waals surface area contributed by atoms with Crippen molar-refractivity contribution in [3.05, 3.63) is 87.2 Å². The molecule has 0 aliphatic heterocycles. The fourth-order valence-corrected chi connectivity index (χ4v) is 2.38. The molecule has 0 saturated carbocycles. The van der Waals surface area contributed by atoms with Crippen molar-refractivity contribution in [2.75, 3.05) is 5.32 Å². The molecule has 3 rings (SSSR count). The van der Waals surface area contributed by atoms with E-state index in [4.69, 9.17) is 11.6 Å². The third-order valence-electron chi connectivity index (χ3n) is 3.47. The zero-order valence-corrected chi connectivity index (χ0v) is 13.7. The van der Waals surface area contributed by atoms with Gasteiger partial charge in [0.05, 0.1) is 23.4 Å². The molecular formula is C17H13ClN4O3. The number of non-ortho nitro benzene ring substituents is 1. The maximum absolute atomic E-state index is 12.2. The SMILES string of the molecule is O=C(Nc1cnn(Cc2ccc(Cl)cc2)c1)c1cccc([N+](=O)[O-])c1. The number of hydrogen-bond acceptors (Lipinski definition) is 4. The number of nitro benzene ring substituents is 1. The van der Waals surface area contributed by atoms with Crippen LogP contribution in [0.5, 0.6) is 0 Å². The van der Waals surface area contributed by atoms with Gasteiger partial charge in [0, 0.05) is 28.9 Å². The van der Waals surface area contributed by atoms with Crippen LogP contribution in [0.25, 0.3) is 0 Å². The minimum atomic E-state index is -0.541. The molecule has 7 nitrogen and oxygen atoms in total. The number of anilines is 1. The van der Waals surface area contributed by atoms with E-state index in [-0.39, 0.29) is 11.3 Å². The zero-order chi connectivity index (χ0) is 17.8. The lowest BCUT2D eigenvalue weighted by Gasteiger charge is -2.03. The predicted octanol–water partition coefficient (Wildman–Crippen LogP) is 3.75. The zero-order valence-electron chi connectivity index (χ0n) is 12.9. The average Bonchev–Trinajstić information content (AvgIpc) is 3.04. The van der Waals surface area contributed by atoms with Crippen molar-refractivity contribution in [3.8, 4) is 0 Å². The monoisotopic (exact) mass is 356 g/mol. The summed E-state index contributed by atoms with van der Waals surface area (Å²) in [6.07, 6.45) is 3.20. The summed E-state index contributed by atoms with van der Waals surface area (Å²) in [6, 6.07) is 12.9. The van der Waals surface area contributed by atoms with E-state index in [1.165, 1.54) is 30.5 Å². The van der Waals surface area contributed by atoms with Crippen molar-refractivity contribution < 1.29 is 9.72 Å². The molecule has 0 atom stereocenters. The molecule has 0 radical (unpaired) electrons. The number of amides is 1. The Morgan fingerprint density at radius 3 is 2.72 bits per heavy atom. The molecule has 2 aromatic carbocycles. The highest BCUT2D eigenvalue weighted by Gasteiger charge is 2.12. The highest BCUT2D eigenvalue weighted by Crippen LogP contribution is 2.16. The minimum absolute atomic E-state index is 0.133. The van der Waals surface area contributed by atoms with E-state index in [1.54, 1.807) is 23.0 Å². The molecule has 1 aromatic heterocycles. The number of nitro groups is 1. The van der Waals surface area contributed by atoms with Crippen LogP contribution in [-0.2, 0) is 6.54 Å². The molecule has 1 N–H and O–H groups in total. The summed E-state index contributed by atoms with van der Waals surface area (Å²) in [7, 11) is 0. The van der Waals surface area contributed by atoms with Gasteiger partial charge in [-0.1, -0.05) is 29.8 Å². The number of carbonyl (C=O) groups excluding carboxylic acids is 1. The number of benzene rings is 2. The normalized spacial score (nSPS) is 10.4. The molecule has 3 aromatic rings. The quantitative estimate of drug-likeness (QED) is 0.557. The predicted molar refractivity (Wildman–Crippen MR) is 93.8 cm³/mol. The number of nitrogens with one attached hydrogen (secondary N) is 1. The van der Waals surface area contributed by atoms with Crippen molar-refractivity contribution in [3.63, 3.8) is 0 Å². The van der Waals surface area contributed by atoms with Crippen LogP contribution in [0.2, 0.25) is 5.02 Å². The molecule has 0 aliphatic carbocycles. The first kappa shape index (κ1) is 16.7. The molecule has 0 bridgehead atoms. The van der Waals surface area contributed by atoms with E-state index in [0.29, 0.717) is 17.3 Å². The smallest absolute Gasteiger partial charge is 0.270 e. The maximum atomic E-state index is 12.2. The van der Waals surface area contributed by atoms with E-state index in [1.807, 2.05) is 12.1 Å². The summed E-state index contributed by atoms with van der Waals surface area (Å²) in [5.74, 6) is -0.435. The highest BCUT2D eigenvalue weighted by molar-refractivity contribution is 6.30. The molecule has 1 heterocycles. The number of hydrogen-bond donors (Lipinski definition) is 1. The van der Waals surface area contributed by atoms with Gasteiger partial charge >= 0.3 is 0 Å². The lowest BCUT2D eigenvalue weighted by atomic mass is 10.2. The summed E-state index contributed by atoms with van der Waals surface area (Å²) < 4.78 is 1.67. The maximum Gasteiger partial charge on any atom is 0.270 e. The topological polar surface area (TPSA) is 90.1 Å². The lowest BCUT2D eigenvalue weighted by molar-refractivity contribution is -0.384. The van der Waals surface area contributed by atoms with Crippen LogP contribution >= 0.6 is 11.6 Å². The van der Waals surface area contributed by atoms with Crippen LogP contribution in [0.1, 0.15) is 15.9 Å². The standard InChI is InChI=1S/C17H13ClN4O3/c18-14-6-4-12(5-7-14)10-21-11-15(9-19-21)20-17(23)13-2-1-3-16(8-13)22(24)25/h1-9,11H,10H2,(H,20,23). The molecule has 25 heavy (non-hydrogen) atoms. The van der Waals surface area contributed by atoms with Gasteiger partial charge in [0.15, 0.2) is 0 Å². The third-order valence-corrected chi connectivity index (χ3v) is 3.72. The Hall–Kier alpha value is -3.19. The first-order valence-electron chi connectivity index (χ1n) is 7.34. The van der Waals surface area contributed by atoms with Gasteiger partial charge in [-0.3, -0.25) is 19.6 Å². The molecule has 0 fully saturated rings. The Kier molecular flexibility index (Phi) is 4.76. The lowest BCUT2D eigenvalue weighted by Crippen LogP contribution is -2.11. The summed E-state index contributed by atoms with van der Waals surface area (Å²) in [5, 5.41) is 18.3. The Balaban J connectivity index is 1.68. The summed E-state index contributed by atoms with van der Waals surface area (Å²) in [4.78, 5) is 22.5. The van der Waals surface area contributed by atoms with E-state index < -0.39 is 10.8 Å². The van der Waals surface area contributed by atoms with Crippen molar-refractivity contribution in [1.82, 2.24) is 9.78 Å².